The summed E-state index contributed by atoms with van der Waals surface area (Å²) in [5, 5.41) is 2.93. The van der Waals surface area contributed by atoms with Crippen molar-refractivity contribution in [2.45, 2.75) is 18.9 Å². The second-order valence-electron chi connectivity index (χ2n) is 4.59. The highest BCUT2D eigenvalue weighted by molar-refractivity contribution is 9.10. The quantitative estimate of drug-likeness (QED) is 0.851. The third kappa shape index (κ3) is 4.07. The van der Waals surface area contributed by atoms with Gasteiger partial charge >= 0.3 is 0 Å². The lowest BCUT2D eigenvalue weighted by Crippen LogP contribution is -2.46. The van der Waals surface area contributed by atoms with Crippen LogP contribution >= 0.6 is 15.9 Å². The topological polar surface area (TPSA) is 88.6 Å². The van der Waals surface area contributed by atoms with Crippen LogP contribution in [-0.4, -0.2) is 42.4 Å². The highest BCUT2D eigenvalue weighted by atomic mass is 79.9. The predicted molar refractivity (Wildman–Crippen MR) is 72.5 cm³/mol. The van der Waals surface area contributed by atoms with E-state index < -0.39 is 0 Å². The van der Waals surface area contributed by atoms with Gasteiger partial charge in [0.15, 0.2) is 10.4 Å². The van der Waals surface area contributed by atoms with Crippen LogP contribution in [0.3, 0.4) is 0 Å². The van der Waals surface area contributed by atoms with Crippen molar-refractivity contribution in [3.05, 3.63) is 22.6 Å². The number of nitrogens with zero attached hydrogens (tertiary/aromatic N) is 1. The van der Waals surface area contributed by atoms with Crippen molar-refractivity contribution in [2.24, 2.45) is 5.73 Å². The molecule has 0 unspecified atom stereocenters. The Morgan fingerprint density at radius 3 is 2.63 bits per heavy atom. The maximum atomic E-state index is 11.9. The van der Waals surface area contributed by atoms with E-state index in [1.807, 2.05) is 4.90 Å². The number of hydrogen-bond acceptors (Lipinski definition) is 4. The number of rotatable bonds is 4. The van der Waals surface area contributed by atoms with Crippen LogP contribution in [0.1, 0.15) is 23.4 Å². The Morgan fingerprint density at radius 2 is 2.11 bits per heavy atom. The number of amides is 2. The maximum Gasteiger partial charge on any atom is 0.287 e. The Labute approximate surface area is 119 Å². The van der Waals surface area contributed by atoms with Crippen LogP contribution in [0.5, 0.6) is 0 Å². The van der Waals surface area contributed by atoms with E-state index >= 15 is 0 Å². The second kappa shape index (κ2) is 6.21. The minimum Gasteiger partial charge on any atom is -0.444 e. The molecule has 2 amide bonds. The summed E-state index contributed by atoms with van der Waals surface area (Å²) in [4.78, 5) is 24.7. The van der Waals surface area contributed by atoms with Crippen molar-refractivity contribution >= 4 is 27.7 Å². The van der Waals surface area contributed by atoms with E-state index in [2.05, 4.69) is 21.2 Å². The van der Waals surface area contributed by atoms with Gasteiger partial charge in [-0.2, -0.15) is 0 Å². The number of hydrogen-bond donors (Lipinski definition) is 2. The van der Waals surface area contributed by atoms with Crippen molar-refractivity contribution in [3.63, 3.8) is 0 Å². The van der Waals surface area contributed by atoms with Gasteiger partial charge in [-0.25, -0.2) is 0 Å². The van der Waals surface area contributed by atoms with E-state index in [0.29, 0.717) is 10.4 Å². The maximum absolute atomic E-state index is 11.9. The largest absolute Gasteiger partial charge is 0.444 e. The van der Waals surface area contributed by atoms with Gasteiger partial charge in [-0.1, -0.05) is 0 Å². The van der Waals surface area contributed by atoms with Gasteiger partial charge in [0.05, 0.1) is 6.54 Å². The van der Waals surface area contributed by atoms with Crippen LogP contribution in [0.25, 0.3) is 0 Å². The lowest BCUT2D eigenvalue weighted by molar-refractivity contribution is -0.119. The number of furan rings is 1. The van der Waals surface area contributed by atoms with Gasteiger partial charge < -0.3 is 15.5 Å². The number of primary amides is 1. The third-order valence-electron chi connectivity index (χ3n) is 3.10. The van der Waals surface area contributed by atoms with Gasteiger partial charge in [0.25, 0.3) is 5.91 Å². The number of halogens is 1. The van der Waals surface area contributed by atoms with Gasteiger partial charge in [0.2, 0.25) is 5.91 Å². The fourth-order valence-electron chi connectivity index (χ4n) is 2.15. The van der Waals surface area contributed by atoms with Gasteiger partial charge in [-0.15, -0.1) is 0 Å². The van der Waals surface area contributed by atoms with Crippen molar-refractivity contribution in [1.29, 1.82) is 0 Å². The smallest absolute Gasteiger partial charge is 0.287 e. The lowest BCUT2D eigenvalue weighted by Gasteiger charge is -2.31. The summed E-state index contributed by atoms with van der Waals surface area (Å²) in [6.07, 6.45) is 1.61. The highest BCUT2D eigenvalue weighted by Gasteiger charge is 2.22. The Morgan fingerprint density at radius 1 is 1.42 bits per heavy atom. The first-order valence-corrected chi connectivity index (χ1v) is 6.91. The van der Waals surface area contributed by atoms with Crippen LogP contribution in [-0.2, 0) is 4.79 Å². The van der Waals surface area contributed by atoms with Crippen molar-refractivity contribution < 1.29 is 14.0 Å². The number of nitrogens with two attached hydrogens (primary N) is 1. The Hall–Kier alpha value is -1.34. The minimum absolute atomic E-state index is 0.112. The minimum atomic E-state index is -0.317. The van der Waals surface area contributed by atoms with Crippen LogP contribution in [0.4, 0.5) is 0 Å². The zero-order valence-corrected chi connectivity index (χ0v) is 12.0. The van der Waals surface area contributed by atoms with Gasteiger partial charge in [-0.05, 0) is 40.9 Å². The first-order valence-electron chi connectivity index (χ1n) is 6.11. The van der Waals surface area contributed by atoms with Crippen LogP contribution in [0.15, 0.2) is 21.2 Å². The van der Waals surface area contributed by atoms with Crippen LogP contribution in [0.2, 0.25) is 0 Å². The molecule has 2 rings (SSSR count). The van der Waals surface area contributed by atoms with E-state index in [-0.39, 0.29) is 24.4 Å². The molecule has 0 aliphatic carbocycles. The second-order valence-corrected chi connectivity index (χ2v) is 5.38. The monoisotopic (exact) mass is 329 g/mol. The summed E-state index contributed by atoms with van der Waals surface area (Å²) in [6.45, 7) is 1.80. The molecule has 1 aliphatic heterocycles. The summed E-state index contributed by atoms with van der Waals surface area (Å²) < 4.78 is 5.73. The van der Waals surface area contributed by atoms with Gasteiger partial charge in [0, 0.05) is 19.1 Å². The molecule has 0 aromatic carbocycles. The molecule has 6 nitrogen and oxygen atoms in total. The number of carbonyl (C=O) groups excluding carboxylic acids is 2. The summed E-state index contributed by atoms with van der Waals surface area (Å²) in [7, 11) is 0. The van der Waals surface area contributed by atoms with Gasteiger partial charge in [-0.3, -0.25) is 14.5 Å². The average molecular weight is 330 g/mol. The molecule has 104 valence electrons. The van der Waals surface area contributed by atoms with E-state index in [4.69, 9.17) is 10.2 Å². The van der Waals surface area contributed by atoms with E-state index in [9.17, 15) is 9.59 Å². The predicted octanol–water partition coefficient (Wildman–Crippen LogP) is 0.722. The van der Waals surface area contributed by atoms with E-state index in [1.54, 1.807) is 12.1 Å². The molecule has 1 aromatic rings. The number of nitrogens with one attached hydrogen (secondary N) is 1. The molecular weight excluding hydrogens is 314 g/mol. The van der Waals surface area contributed by atoms with Gasteiger partial charge in [0.1, 0.15) is 0 Å². The zero-order valence-electron chi connectivity index (χ0n) is 10.4. The van der Waals surface area contributed by atoms with Crippen molar-refractivity contribution in [2.75, 3.05) is 19.6 Å². The average Bonchev–Trinajstić information content (AvgIpc) is 2.78. The number of likely N-dealkylation sites (tertiary alicyclic amines) is 1. The normalized spacial score (nSPS) is 17.3. The first-order chi connectivity index (χ1) is 9.04. The highest BCUT2D eigenvalue weighted by Crippen LogP contribution is 2.15. The van der Waals surface area contributed by atoms with Crippen LogP contribution in [0, 0.1) is 0 Å². The molecule has 1 aliphatic rings. The molecule has 0 spiro atoms. The fourth-order valence-corrected chi connectivity index (χ4v) is 2.46. The number of carbonyl (C=O) groups is 2. The lowest BCUT2D eigenvalue weighted by atomic mass is 10.0. The molecule has 0 atom stereocenters. The third-order valence-corrected chi connectivity index (χ3v) is 3.53. The van der Waals surface area contributed by atoms with Crippen LogP contribution < -0.4 is 11.1 Å². The summed E-state index contributed by atoms with van der Waals surface area (Å²) in [5.41, 5.74) is 5.15. The summed E-state index contributed by atoms with van der Waals surface area (Å²) >= 11 is 3.16. The van der Waals surface area contributed by atoms with E-state index in [0.717, 1.165) is 25.9 Å². The standard InChI is InChI=1S/C12H16BrN3O3/c13-10-2-1-9(19-10)12(18)15-8-3-5-16(6-4-8)7-11(14)17/h1-2,8H,3-7H2,(H2,14,17)(H,15,18). The molecule has 0 saturated carbocycles. The SMILES string of the molecule is NC(=O)CN1CCC(NC(=O)c2ccc(Br)o2)CC1. The van der Waals surface area contributed by atoms with Crippen molar-refractivity contribution in [3.8, 4) is 0 Å². The number of piperidine rings is 1. The first kappa shape index (κ1) is 14.1. The van der Waals surface area contributed by atoms with Crippen molar-refractivity contribution in [1.82, 2.24) is 10.2 Å². The molecule has 1 saturated heterocycles. The molecule has 1 fully saturated rings. The fraction of sp³-hybridized carbons (Fsp3) is 0.500. The molecule has 7 heteroatoms. The molecule has 19 heavy (non-hydrogen) atoms. The Kier molecular flexibility index (Phi) is 4.60. The molecule has 1 aromatic heterocycles. The molecule has 0 radical (unpaired) electrons. The zero-order chi connectivity index (χ0) is 13.8. The molecule has 0 bridgehead atoms. The Balaban J connectivity index is 1.79. The summed E-state index contributed by atoms with van der Waals surface area (Å²) in [6, 6.07) is 3.42. The summed E-state index contributed by atoms with van der Waals surface area (Å²) in [5.74, 6) is -0.228. The molecule has 3 N–H and O–H groups in total. The molecular formula is C12H16BrN3O3. The molecule has 2 heterocycles. The Bertz CT molecular complexity index is 467. The van der Waals surface area contributed by atoms with E-state index in [1.165, 1.54) is 0 Å².